The molecule has 11 heteroatoms. The van der Waals surface area contributed by atoms with Gasteiger partial charge in [-0.1, -0.05) is 84.9 Å². The zero-order valence-corrected chi connectivity index (χ0v) is 28.1. The molecule has 250 valence electrons. The van der Waals surface area contributed by atoms with E-state index in [0.717, 1.165) is 71.4 Å². The first kappa shape index (κ1) is 32.6. The maximum absolute atomic E-state index is 14.3. The van der Waals surface area contributed by atoms with Crippen LogP contribution in [0.15, 0.2) is 60.7 Å². The van der Waals surface area contributed by atoms with Crippen molar-refractivity contribution in [3.05, 3.63) is 76.3 Å². The van der Waals surface area contributed by atoms with Gasteiger partial charge in [0, 0.05) is 61.0 Å². The van der Waals surface area contributed by atoms with Crippen molar-refractivity contribution < 1.29 is 19.1 Å². The summed E-state index contributed by atoms with van der Waals surface area (Å²) < 4.78 is 6.52. The van der Waals surface area contributed by atoms with E-state index in [1.165, 1.54) is 12.0 Å². The normalized spacial score (nSPS) is 29.3. The van der Waals surface area contributed by atoms with Crippen LogP contribution in [0.2, 0.25) is 10.0 Å². The molecule has 2 aromatic carbocycles. The zero-order chi connectivity index (χ0) is 32.5. The van der Waals surface area contributed by atoms with Gasteiger partial charge in [0.05, 0.1) is 17.9 Å². The molecule has 5 aliphatic rings. The van der Waals surface area contributed by atoms with Gasteiger partial charge in [-0.05, 0) is 49.6 Å². The minimum absolute atomic E-state index is 0.0880. The second-order valence-electron chi connectivity index (χ2n) is 13.7. The van der Waals surface area contributed by atoms with Gasteiger partial charge in [0.25, 0.3) is 0 Å². The van der Waals surface area contributed by atoms with Gasteiger partial charge in [0.1, 0.15) is 11.6 Å². The third-order valence-corrected chi connectivity index (χ3v) is 11.0. The Kier molecular flexibility index (Phi) is 9.63. The number of amides is 3. The Morgan fingerprint density at radius 1 is 0.894 bits per heavy atom. The van der Waals surface area contributed by atoms with Crippen molar-refractivity contribution in [2.75, 3.05) is 44.6 Å². The van der Waals surface area contributed by atoms with E-state index < -0.39 is 29.6 Å². The predicted molar refractivity (Wildman–Crippen MR) is 182 cm³/mol. The Hall–Kier alpha value is -2.95. The lowest BCUT2D eigenvalue weighted by Crippen LogP contribution is -2.56. The molecule has 2 bridgehead atoms. The molecule has 0 unspecified atom stereocenters. The molecule has 4 heterocycles. The van der Waals surface area contributed by atoms with Gasteiger partial charge in [-0.3, -0.25) is 19.3 Å². The maximum Gasteiger partial charge on any atom is 0.246 e. The fourth-order valence-corrected chi connectivity index (χ4v) is 8.89. The summed E-state index contributed by atoms with van der Waals surface area (Å²) in [6, 6.07) is 14.6. The van der Waals surface area contributed by atoms with Gasteiger partial charge in [0.15, 0.2) is 0 Å². The van der Waals surface area contributed by atoms with Crippen molar-refractivity contribution in [2.45, 2.75) is 68.9 Å². The molecule has 47 heavy (non-hydrogen) atoms. The third kappa shape index (κ3) is 6.70. The van der Waals surface area contributed by atoms with Crippen molar-refractivity contribution in [3.63, 3.8) is 0 Å². The van der Waals surface area contributed by atoms with Gasteiger partial charge < -0.3 is 25.2 Å². The number of carbonyl (C=O) groups is 3. The van der Waals surface area contributed by atoms with Crippen LogP contribution < -0.4 is 10.6 Å². The monoisotopic (exact) mass is 679 g/mol. The minimum atomic E-state index is -1.18. The first-order valence-corrected chi connectivity index (χ1v) is 17.8. The van der Waals surface area contributed by atoms with Crippen LogP contribution in [0, 0.1) is 11.8 Å². The molecule has 0 aromatic heterocycles. The van der Waals surface area contributed by atoms with E-state index in [0.29, 0.717) is 22.3 Å². The van der Waals surface area contributed by atoms with Crippen LogP contribution in [-0.4, -0.2) is 95.5 Å². The number of ether oxygens (including phenoxy) is 1. The molecule has 9 nitrogen and oxygen atoms in total. The summed E-state index contributed by atoms with van der Waals surface area (Å²) in [5, 5.41) is 6.97. The Balaban J connectivity index is 1.04. The second-order valence-corrected chi connectivity index (χ2v) is 14.6. The van der Waals surface area contributed by atoms with E-state index in [9.17, 15) is 14.4 Å². The Bertz CT molecular complexity index is 1490. The van der Waals surface area contributed by atoms with Crippen molar-refractivity contribution in [1.29, 1.82) is 0 Å². The summed E-state index contributed by atoms with van der Waals surface area (Å²) in [6.45, 7) is 6.10. The summed E-state index contributed by atoms with van der Waals surface area (Å²) in [5.41, 5.74) is 0.591. The number of nitrogens with one attached hydrogen (secondary N) is 2. The smallest absolute Gasteiger partial charge is 0.246 e. The minimum Gasteiger partial charge on any atom is -0.359 e. The van der Waals surface area contributed by atoms with Gasteiger partial charge in [0.2, 0.25) is 17.7 Å². The van der Waals surface area contributed by atoms with Gasteiger partial charge in [-0.15, -0.1) is 0 Å². The summed E-state index contributed by atoms with van der Waals surface area (Å²) in [5.74, 6) is -2.30. The fourth-order valence-electron chi connectivity index (χ4n) is 8.36. The predicted octanol–water partition coefficient (Wildman–Crippen LogP) is 4.74. The van der Waals surface area contributed by atoms with E-state index in [1.54, 1.807) is 23.1 Å². The number of hydrogen-bond donors (Lipinski definition) is 2. The lowest BCUT2D eigenvalue weighted by atomic mass is 9.74. The van der Waals surface area contributed by atoms with Crippen molar-refractivity contribution in [1.82, 2.24) is 20.0 Å². The molecule has 1 spiro atoms. The number of fused-ring (bicyclic) bond motifs is 1. The third-order valence-electron chi connectivity index (χ3n) is 10.6. The number of likely N-dealkylation sites (tertiary alicyclic amines) is 1. The molecular formula is C36H43Cl2N5O4. The highest BCUT2D eigenvalue weighted by molar-refractivity contribution is 6.35. The quantitative estimate of drug-likeness (QED) is 0.353. The van der Waals surface area contributed by atoms with Crippen LogP contribution in [0.3, 0.4) is 0 Å². The number of benzene rings is 2. The van der Waals surface area contributed by atoms with E-state index >= 15 is 0 Å². The van der Waals surface area contributed by atoms with E-state index in [-0.39, 0.29) is 23.8 Å². The zero-order valence-electron chi connectivity index (χ0n) is 26.6. The maximum atomic E-state index is 14.3. The number of nitrogens with zero attached hydrogens (tertiary/aromatic N) is 3. The fraction of sp³-hybridized carbons (Fsp3) is 0.528. The van der Waals surface area contributed by atoms with E-state index in [2.05, 4.69) is 44.7 Å². The highest BCUT2D eigenvalue weighted by Gasteiger charge is 2.72. The molecule has 7 rings (SSSR count). The Morgan fingerprint density at radius 3 is 2.32 bits per heavy atom. The van der Waals surface area contributed by atoms with E-state index in [1.807, 2.05) is 18.2 Å². The number of carbonyl (C=O) groups excluding carboxylic acids is 3. The summed E-state index contributed by atoms with van der Waals surface area (Å²) in [7, 11) is 0. The number of hydrogen-bond acceptors (Lipinski definition) is 6. The number of piperazine rings is 1. The average molecular weight is 681 g/mol. The topological polar surface area (TPSA) is 94.2 Å². The molecule has 2 aromatic rings. The van der Waals surface area contributed by atoms with Crippen LogP contribution in [0.25, 0.3) is 0 Å². The van der Waals surface area contributed by atoms with Gasteiger partial charge in [-0.25, -0.2) is 0 Å². The van der Waals surface area contributed by atoms with Crippen LogP contribution in [0.4, 0.5) is 5.69 Å². The van der Waals surface area contributed by atoms with Crippen LogP contribution in [0.1, 0.15) is 44.1 Å². The molecule has 1 aliphatic carbocycles. The average Bonchev–Trinajstić information content (AvgIpc) is 3.70. The largest absolute Gasteiger partial charge is 0.359 e. The van der Waals surface area contributed by atoms with Crippen LogP contribution in [0.5, 0.6) is 0 Å². The lowest BCUT2D eigenvalue weighted by Gasteiger charge is -2.36. The number of halogens is 2. The first-order chi connectivity index (χ1) is 22.8. The summed E-state index contributed by atoms with van der Waals surface area (Å²) >= 11 is 12.4. The first-order valence-electron chi connectivity index (χ1n) is 17.0. The molecule has 4 fully saturated rings. The van der Waals surface area contributed by atoms with Gasteiger partial charge in [-0.2, -0.15) is 0 Å². The second kappa shape index (κ2) is 13.9. The van der Waals surface area contributed by atoms with E-state index in [4.69, 9.17) is 27.9 Å². The molecule has 4 aliphatic heterocycles. The van der Waals surface area contributed by atoms with Crippen LogP contribution in [-0.2, 0) is 25.7 Å². The standard InChI is InChI=1S/C36H43Cl2N5O4/c37-25-20-26(38)22-28(21-25)40-33(44)30-29-12-13-36(47-29)31(30)35(46)43(32(36)34(45)39-27-10-5-2-6-11-27)15-7-14-41-16-18-42(19-17-41)23-24-8-3-1-4-9-24/h1,3-4,8-9,12-13,20-22,27,29-32H,2,5-7,10-11,14-19,23H2,(H,39,45)(H,40,44)/t29-,30-,31-,32+,36-/m0/s1. The molecule has 5 atom stereocenters. The highest BCUT2D eigenvalue weighted by Crippen LogP contribution is 2.55. The summed E-state index contributed by atoms with van der Waals surface area (Å²) in [4.78, 5) is 48.9. The summed E-state index contributed by atoms with van der Waals surface area (Å²) in [6.07, 6.45) is 9.06. The lowest BCUT2D eigenvalue weighted by molar-refractivity contribution is -0.141. The van der Waals surface area contributed by atoms with Crippen LogP contribution >= 0.6 is 23.2 Å². The van der Waals surface area contributed by atoms with Crippen molar-refractivity contribution in [3.8, 4) is 0 Å². The molecule has 0 radical (unpaired) electrons. The molecule has 3 saturated heterocycles. The Morgan fingerprint density at radius 2 is 1.60 bits per heavy atom. The number of rotatable bonds is 10. The highest BCUT2D eigenvalue weighted by atomic mass is 35.5. The molecule has 3 amide bonds. The SMILES string of the molecule is O=C(Nc1cc(Cl)cc(Cl)c1)[C@H]1[C@@H]2C=C[C@]3(O2)[C@@H]1C(=O)N(CCCN1CCN(Cc2ccccc2)CC1)[C@@H]3C(=O)NC1CCCCC1. The number of anilines is 1. The Labute approximate surface area is 286 Å². The van der Waals surface area contributed by atoms with Gasteiger partial charge >= 0.3 is 0 Å². The van der Waals surface area contributed by atoms with Crippen molar-refractivity contribution >= 4 is 46.6 Å². The molecule has 2 N–H and O–H groups in total. The molecule has 1 saturated carbocycles. The van der Waals surface area contributed by atoms with Crippen molar-refractivity contribution in [2.24, 2.45) is 11.8 Å². The molecular weight excluding hydrogens is 637 g/mol.